The van der Waals surface area contributed by atoms with Crippen LogP contribution in [0.25, 0.3) is 21.7 Å². The molecule has 3 rings (SSSR count). The third kappa shape index (κ3) is 1.49. The highest BCUT2D eigenvalue weighted by molar-refractivity contribution is 6.15. The van der Waals surface area contributed by atoms with Crippen molar-refractivity contribution in [3.63, 3.8) is 0 Å². The number of carbonyl (C=O) groups excluding carboxylic acids is 1. The van der Waals surface area contributed by atoms with E-state index in [0.29, 0.717) is 0 Å². The Bertz CT molecular complexity index is 731. The smallest absolute Gasteiger partial charge is 0.160 e. The minimum Gasteiger partial charge on any atom is -0.294 e. The molecule has 2 aromatic carbocycles. The van der Waals surface area contributed by atoms with E-state index in [4.69, 9.17) is 0 Å². The summed E-state index contributed by atoms with van der Waals surface area (Å²) in [7, 11) is 0. The summed E-state index contributed by atoms with van der Waals surface area (Å²) in [6, 6.07) is 13.7. The number of fused-ring (bicyclic) bond motifs is 3. The number of pyridine rings is 1. The standard InChI is InChI=1S/C15H11NO/c1-10(17)14-9-11-5-4-8-16-15(11)13-7-3-2-6-12(13)14/h2-9H,1H3. The first-order valence-electron chi connectivity index (χ1n) is 5.55. The number of aromatic nitrogens is 1. The third-order valence-electron chi connectivity index (χ3n) is 2.99. The monoisotopic (exact) mass is 221 g/mol. The van der Waals surface area contributed by atoms with E-state index in [2.05, 4.69) is 4.98 Å². The van der Waals surface area contributed by atoms with Gasteiger partial charge in [0.25, 0.3) is 0 Å². The summed E-state index contributed by atoms with van der Waals surface area (Å²) in [6.07, 6.45) is 1.78. The van der Waals surface area contributed by atoms with Gasteiger partial charge in [-0.2, -0.15) is 0 Å². The highest BCUT2D eigenvalue weighted by atomic mass is 16.1. The average Bonchev–Trinajstić information content (AvgIpc) is 2.37. The van der Waals surface area contributed by atoms with E-state index in [9.17, 15) is 4.79 Å². The van der Waals surface area contributed by atoms with E-state index < -0.39 is 0 Å². The molecule has 82 valence electrons. The molecular formula is C15H11NO. The molecule has 0 N–H and O–H groups in total. The van der Waals surface area contributed by atoms with Crippen LogP contribution in [-0.2, 0) is 0 Å². The summed E-state index contributed by atoms with van der Waals surface area (Å²) in [5.41, 5.74) is 1.72. The van der Waals surface area contributed by atoms with E-state index in [0.717, 1.165) is 27.2 Å². The summed E-state index contributed by atoms with van der Waals surface area (Å²) >= 11 is 0. The van der Waals surface area contributed by atoms with Crippen LogP contribution in [0.4, 0.5) is 0 Å². The van der Waals surface area contributed by atoms with Crippen molar-refractivity contribution in [3.8, 4) is 0 Å². The first-order valence-corrected chi connectivity index (χ1v) is 5.55. The van der Waals surface area contributed by atoms with Crippen molar-refractivity contribution in [2.24, 2.45) is 0 Å². The minimum atomic E-state index is 0.0898. The summed E-state index contributed by atoms with van der Waals surface area (Å²) in [5.74, 6) is 0.0898. The Labute approximate surface area is 98.9 Å². The second kappa shape index (κ2) is 3.67. The summed E-state index contributed by atoms with van der Waals surface area (Å²) in [4.78, 5) is 16.1. The number of Topliss-reactive ketones (excluding diaryl/α,β-unsaturated/α-hetero) is 1. The number of nitrogens with zero attached hydrogens (tertiary/aromatic N) is 1. The van der Waals surface area contributed by atoms with Gasteiger partial charge in [-0.15, -0.1) is 0 Å². The van der Waals surface area contributed by atoms with Gasteiger partial charge in [-0.25, -0.2) is 0 Å². The lowest BCUT2D eigenvalue weighted by molar-refractivity contribution is 0.101. The van der Waals surface area contributed by atoms with Crippen LogP contribution in [-0.4, -0.2) is 10.8 Å². The SMILES string of the molecule is CC(=O)c1cc2cccnc2c2ccccc12. The van der Waals surface area contributed by atoms with Crippen molar-refractivity contribution in [3.05, 3.63) is 54.2 Å². The zero-order valence-electron chi connectivity index (χ0n) is 9.47. The molecule has 0 amide bonds. The van der Waals surface area contributed by atoms with Crippen molar-refractivity contribution >= 4 is 27.5 Å². The van der Waals surface area contributed by atoms with Gasteiger partial charge in [-0.05, 0) is 24.4 Å². The summed E-state index contributed by atoms with van der Waals surface area (Å²) in [5, 5.41) is 3.03. The number of hydrogen-bond acceptors (Lipinski definition) is 2. The summed E-state index contributed by atoms with van der Waals surface area (Å²) < 4.78 is 0. The predicted octanol–water partition coefficient (Wildman–Crippen LogP) is 3.59. The van der Waals surface area contributed by atoms with Crippen LogP contribution < -0.4 is 0 Å². The molecule has 0 fully saturated rings. The molecule has 1 aromatic heterocycles. The molecule has 0 aliphatic rings. The number of carbonyl (C=O) groups is 1. The second-order valence-corrected chi connectivity index (χ2v) is 4.10. The Kier molecular flexibility index (Phi) is 2.15. The number of rotatable bonds is 1. The second-order valence-electron chi connectivity index (χ2n) is 4.10. The van der Waals surface area contributed by atoms with E-state index in [1.54, 1.807) is 13.1 Å². The quantitative estimate of drug-likeness (QED) is 0.464. The van der Waals surface area contributed by atoms with Crippen molar-refractivity contribution in [1.29, 1.82) is 0 Å². The van der Waals surface area contributed by atoms with Crippen LogP contribution in [0.3, 0.4) is 0 Å². The Morgan fingerprint density at radius 1 is 1.06 bits per heavy atom. The third-order valence-corrected chi connectivity index (χ3v) is 2.99. The van der Waals surface area contributed by atoms with Crippen LogP contribution in [0.1, 0.15) is 17.3 Å². The zero-order valence-corrected chi connectivity index (χ0v) is 9.47. The number of benzene rings is 2. The lowest BCUT2D eigenvalue weighted by Crippen LogP contribution is -1.95. The lowest BCUT2D eigenvalue weighted by atomic mass is 9.98. The largest absolute Gasteiger partial charge is 0.294 e. The molecule has 0 unspecified atom stereocenters. The highest BCUT2D eigenvalue weighted by Crippen LogP contribution is 2.27. The van der Waals surface area contributed by atoms with Crippen molar-refractivity contribution in [2.45, 2.75) is 6.92 Å². The molecule has 2 nitrogen and oxygen atoms in total. The molecule has 3 aromatic rings. The fraction of sp³-hybridized carbons (Fsp3) is 0.0667. The fourth-order valence-corrected chi connectivity index (χ4v) is 2.21. The normalized spacial score (nSPS) is 10.9. The Morgan fingerprint density at radius 3 is 2.59 bits per heavy atom. The van der Waals surface area contributed by atoms with Gasteiger partial charge in [0.15, 0.2) is 5.78 Å². The molecule has 0 aliphatic carbocycles. The van der Waals surface area contributed by atoms with Gasteiger partial charge < -0.3 is 0 Å². The molecule has 0 aliphatic heterocycles. The van der Waals surface area contributed by atoms with Crippen LogP contribution >= 0.6 is 0 Å². The molecular weight excluding hydrogens is 210 g/mol. The maximum absolute atomic E-state index is 11.7. The van der Waals surface area contributed by atoms with Gasteiger partial charge in [0.1, 0.15) is 0 Å². The van der Waals surface area contributed by atoms with Crippen molar-refractivity contribution < 1.29 is 4.79 Å². The van der Waals surface area contributed by atoms with Gasteiger partial charge in [0, 0.05) is 22.5 Å². The van der Waals surface area contributed by atoms with E-state index in [-0.39, 0.29) is 5.78 Å². The van der Waals surface area contributed by atoms with Crippen molar-refractivity contribution in [2.75, 3.05) is 0 Å². The zero-order chi connectivity index (χ0) is 11.8. The van der Waals surface area contributed by atoms with Gasteiger partial charge >= 0.3 is 0 Å². The van der Waals surface area contributed by atoms with Gasteiger partial charge in [0.2, 0.25) is 0 Å². The van der Waals surface area contributed by atoms with E-state index >= 15 is 0 Å². The fourth-order valence-electron chi connectivity index (χ4n) is 2.21. The molecule has 0 atom stereocenters. The molecule has 0 saturated carbocycles. The molecule has 0 spiro atoms. The van der Waals surface area contributed by atoms with Crippen LogP contribution in [0.5, 0.6) is 0 Å². The molecule has 2 heteroatoms. The van der Waals surface area contributed by atoms with E-state index in [1.807, 2.05) is 42.5 Å². The highest BCUT2D eigenvalue weighted by Gasteiger charge is 2.09. The van der Waals surface area contributed by atoms with Crippen LogP contribution in [0.2, 0.25) is 0 Å². The molecule has 0 saturated heterocycles. The van der Waals surface area contributed by atoms with E-state index in [1.165, 1.54) is 0 Å². The molecule has 0 radical (unpaired) electrons. The molecule has 1 heterocycles. The number of hydrogen-bond donors (Lipinski definition) is 0. The lowest BCUT2D eigenvalue weighted by Gasteiger charge is -2.07. The Balaban J connectivity index is 2.59. The average molecular weight is 221 g/mol. The first-order chi connectivity index (χ1) is 8.27. The topological polar surface area (TPSA) is 30.0 Å². The van der Waals surface area contributed by atoms with Crippen LogP contribution in [0.15, 0.2) is 48.7 Å². The minimum absolute atomic E-state index is 0.0898. The summed E-state index contributed by atoms with van der Waals surface area (Å²) in [6.45, 7) is 1.60. The van der Waals surface area contributed by atoms with Crippen molar-refractivity contribution in [1.82, 2.24) is 4.98 Å². The number of ketones is 1. The molecule has 17 heavy (non-hydrogen) atoms. The Morgan fingerprint density at radius 2 is 1.82 bits per heavy atom. The van der Waals surface area contributed by atoms with Gasteiger partial charge in [-0.1, -0.05) is 30.3 Å². The van der Waals surface area contributed by atoms with Crippen LogP contribution in [0, 0.1) is 0 Å². The Hall–Kier alpha value is -2.22. The predicted molar refractivity (Wildman–Crippen MR) is 69.3 cm³/mol. The van der Waals surface area contributed by atoms with Gasteiger partial charge in [0.05, 0.1) is 5.52 Å². The maximum Gasteiger partial charge on any atom is 0.160 e. The maximum atomic E-state index is 11.7. The first kappa shape index (κ1) is 9.97. The van der Waals surface area contributed by atoms with Gasteiger partial charge in [-0.3, -0.25) is 9.78 Å². The molecule has 0 bridgehead atoms.